The Morgan fingerprint density at radius 3 is 2.89 bits per heavy atom. The van der Waals surface area contributed by atoms with E-state index in [4.69, 9.17) is 5.11 Å². The molecule has 6 nitrogen and oxygen atoms in total. The van der Waals surface area contributed by atoms with Crippen LogP contribution in [0.4, 0.5) is 0 Å². The first kappa shape index (κ1) is 13.4. The number of carboxylic acid groups (broad SMARTS) is 1. The maximum Gasteiger partial charge on any atom is 0.343 e. The molecule has 0 spiro atoms. The lowest BCUT2D eigenvalue weighted by atomic mass is 10.2. The van der Waals surface area contributed by atoms with Crippen LogP contribution in [0.15, 0.2) is 39.1 Å². The quantitative estimate of drug-likeness (QED) is 0.871. The second-order valence-electron chi connectivity index (χ2n) is 3.87. The van der Waals surface area contributed by atoms with Gasteiger partial charge in [0.25, 0.3) is 0 Å². The number of aromatic carboxylic acids is 1. The van der Waals surface area contributed by atoms with Gasteiger partial charge in [-0.2, -0.15) is 0 Å². The van der Waals surface area contributed by atoms with Gasteiger partial charge in [0.05, 0.1) is 5.56 Å². The van der Waals surface area contributed by atoms with E-state index in [2.05, 4.69) is 10.2 Å². The average molecular weight is 279 g/mol. The minimum absolute atomic E-state index is 0.200. The van der Waals surface area contributed by atoms with Crippen LogP contribution in [0, 0.1) is 0 Å². The number of rotatable bonds is 5. The van der Waals surface area contributed by atoms with Gasteiger partial charge in [0.2, 0.25) is 0 Å². The van der Waals surface area contributed by atoms with Gasteiger partial charge in [0.1, 0.15) is 0 Å². The van der Waals surface area contributed by atoms with Crippen molar-refractivity contribution < 1.29 is 9.90 Å². The Morgan fingerprint density at radius 1 is 1.47 bits per heavy atom. The summed E-state index contributed by atoms with van der Waals surface area (Å²) in [5, 5.41) is 15.9. The number of carbonyl (C=O) groups is 1. The summed E-state index contributed by atoms with van der Waals surface area (Å²) in [5.41, 5.74) is -0.0804. The molecule has 1 aromatic carbocycles. The van der Waals surface area contributed by atoms with E-state index < -0.39 is 5.97 Å². The lowest BCUT2D eigenvalue weighted by Gasteiger charge is -2.06. The summed E-state index contributed by atoms with van der Waals surface area (Å²) in [6.07, 6.45) is 0.799. The van der Waals surface area contributed by atoms with Crippen LogP contribution in [-0.2, 0) is 6.54 Å². The first-order valence-electron chi connectivity index (χ1n) is 5.79. The fourth-order valence-electron chi connectivity index (χ4n) is 1.63. The molecular formula is C12H13N3O3S. The number of carboxylic acids is 1. The van der Waals surface area contributed by atoms with Gasteiger partial charge in [-0.1, -0.05) is 19.1 Å². The van der Waals surface area contributed by atoms with E-state index in [0.29, 0.717) is 16.6 Å². The van der Waals surface area contributed by atoms with Crippen LogP contribution in [0.5, 0.6) is 0 Å². The SMILES string of the molecule is CCCn1c(Sc2ccccc2C(=O)O)n[nH]c1=O. The zero-order valence-electron chi connectivity index (χ0n) is 10.3. The third-order valence-electron chi connectivity index (χ3n) is 2.49. The molecule has 0 fully saturated rings. The first-order chi connectivity index (χ1) is 9.13. The van der Waals surface area contributed by atoms with Gasteiger partial charge in [-0.25, -0.2) is 14.7 Å². The molecule has 19 heavy (non-hydrogen) atoms. The average Bonchev–Trinajstić information content (AvgIpc) is 2.72. The number of nitrogens with one attached hydrogen (secondary N) is 1. The Labute approximate surface area is 113 Å². The molecule has 1 aromatic heterocycles. The van der Waals surface area contributed by atoms with Crippen molar-refractivity contribution in [3.63, 3.8) is 0 Å². The maximum atomic E-state index is 11.6. The topological polar surface area (TPSA) is 88.0 Å². The first-order valence-corrected chi connectivity index (χ1v) is 6.60. The molecule has 0 aliphatic rings. The second kappa shape index (κ2) is 5.75. The monoisotopic (exact) mass is 279 g/mol. The van der Waals surface area contributed by atoms with Crippen LogP contribution >= 0.6 is 11.8 Å². The third-order valence-corrected chi connectivity index (χ3v) is 3.56. The molecule has 0 saturated heterocycles. The molecule has 100 valence electrons. The molecule has 0 aliphatic carbocycles. The van der Waals surface area contributed by atoms with Crippen LogP contribution in [0.1, 0.15) is 23.7 Å². The van der Waals surface area contributed by atoms with E-state index in [0.717, 1.165) is 6.42 Å². The fourth-order valence-corrected chi connectivity index (χ4v) is 2.62. The van der Waals surface area contributed by atoms with E-state index in [1.54, 1.807) is 18.2 Å². The minimum Gasteiger partial charge on any atom is -0.478 e. The number of hydrogen-bond acceptors (Lipinski definition) is 4. The van der Waals surface area contributed by atoms with E-state index in [1.807, 2.05) is 6.92 Å². The zero-order chi connectivity index (χ0) is 13.8. The summed E-state index contributed by atoms with van der Waals surface area (Å²) >= 11 is 1.17. The Hall–Kier alpha value is -2.02. The van der Waals surface area contributed by atoms with Crippen LogP contribution in [-0.4, -0.2) is 25.8 Å². The van der Waals surface area contributed by atoms with Crippen molar-refractivity contribution in [2.24, 2.45) is 0 Å². The summed E-state index contributed by atoms with van der Waals surface area (Å²) in [6, 6.07) is 6.64. The largest absolute Gasteiger partial charge is 0.478 e. The van der Waals surface area contributed by atoms with Crippen LogP contribution in [0.25, 0.3) is 0 Å². The Balaban J connectivity index is 2.37. The molecular weight excluding hydrogens is 266 g/mol. The number of aromatic amines is 1. The Kier molecular flexibility index (Phi) is 4.06. The number of nitrogens with zero attached hydrogens (tertiary/aromatic N) is 2. The van der Waals surface area contributed by atoms with Gasteiger partial charge in [0, 0.05) is 11.4 Å². The van der Waals surface area contributed by atoms with Gasteiger partial charge >= 0.3 is 11.7 Å². The highest BCUT2D eigenvalue weighted by atomic mass is 32.2. The fraction of sp³-hybridized carbons (Fsp3) is 0.250. The third kappa shape index (κ3) is 2.87. The Bertz CT molecular complexity index is 648. The maximum absolute atomic E-state index is 11.6. The number of benzene rings is 1. The summed E-state index contributed by atoms with van der Waals surface area (Å²) in [5.74, 6) is -0.997. The number of hydrogen-bond donors (Lipinski definition) is 2. The van der Waals surface area contributed by atoms with Crippen molar-refractivity contribution >= 4 is 17.7 Å². The molecule has 0 amide bonds. The van der Waals surface area contributed by atoms with Crippen molar-refractivity contribution in [3.05, 3.63) is 40.3 Å². The van der Waals surface area contributed by atoms with Crippen LogP contribution in [0.2, 0.25) is 0 Å². The predicted octanol–water partition coefficient (Wildman–Crippen LogP) is 1.83. The molecule has 2 N–H and O–H groups in total. The van der Waals surface area contributed by atoms with Crippen molar-refractivity contribution in [2.45, 2.75) is 29.9 Å². The lowest BCUT2D eigenvalue weighted by Crippen LogP contribution is -2.17. The normalized spacial score (nSPS) is 10.6. The van der Waals surface area contributed by atoms with E-state index >= 15 is 0 Å². The molecule has 2 rings (SSSR count). The molecule has 0 saturated carbocycles. The van der Waals surface area contributed by atoms with Gasteiger partial charge < -0.3 is 5.11 Å². The predicted molar refractivity (Wildman–Crippen MR) is 70.7 cm³/mol. The van der Waals surface area contributed by atoms with Gasteiger partial charge in [-0.15, -0.1) is 5.10 Å². The molecule has 2 aromatic rings. The number of H-pyrrole nitrogens is 1. The summed E-state index contributed by atoms with van der Waals surface area (Å²) in [7, 11) is 0. The molecule has 0 unspecified atom stereocenters. The molecule has 0 aliphatic heterocycles. The molecule has 0 atom stereocenters. The minimum atomic E-state index is -0.997. The van der Waals surface area contributed by atoms with Gasteiger partial charge in [-0.05, 0) is 30.3 Å². The van der Waals surface area contributed by atoms with Crippen LogP contribution < -0.4 is 5.69 Å². The van der Waals surface area contributed by atoms with E-state index in [9.17, 15) is 9.59 Å². The van der Waals surface area contributed by atoms with E-state index in [1.165, 1.54) is 22.4 Å². The Morgan fingerprint density at radius 2 is 2.21 bits per heavy atom. The summed E-state index contributed by atoms with van der Waals surface area (Å²) in [4.78, 5) is 23.2. The molecule has 1 heterocycles. The van der Waals surface area contributed by atoms with Crippen molar-refractivity contribution in [1.82, 2.24) is 14.8 Å². The lowest BCUT2D eigenvalue weighted by molar-refractivity contribution is 0.0693. The zero-order valence-corrected chi connectivity index (χ0v) is 11.1. The van der Waals surface area contributed by atoms with Gasteiger partial charge in [0.15, 0.2) is 5.16 Å². The number of aromatic nitrogens is 3. The second-order valence-corrected chi connectivity index (χ2v) is 4.88. The van der Waals surface area contributed by atoms with Crippen molar-refractivity contribution in [1.29, 1.82) is 0 Å². The molecule has 7 heteroatoms. The smallest absolute Gasteiger partial charge is 0.343 e. The highest BCUT2D eigenvalue weighted by Crippen LogP contribution is 2.28. The highest BCUT2D eigenvalue weighted by molar-refractivity contribution is 7.99. The molecule has 0 bridgehead atoms. The molecule has 0 radical (unpaired) electrons. The summed E-state index contributed by atoms with van der Waals surface area (Å²) < 4.78 is 1.50. The highest BCUT2D eigenvalue weighted by Gasteiger charge is 2.14. The summed E-state index contributed by atoms with van der Waals surface area (Å²) in [6.45, 7) is 2.51. The van der Waals surface area contributed by atoms with Gasteiger partial charge in [-0.3, -0.25) is 4.57 Å². The van der Waals surface area contributed by atoms with Crippen molar-refractivity contribution in [2.75, 3.05) is 0 Å². The van der Waals surface area contributed by atoms with E-state index in [-0.39, 0.29) is 11.3 Å². The standard InChI is InChI=1S/C12H13N3O3S/c1-2-7-15-11(18)13-14-12(15)19-9-6-4-3-5-8(9)10(16)17/h3-6H,2,7H2,1H3,(H,13,18)(H,16,17). The van der Waals surface area contributed by atoms with Crippen molar-refractivity contribution in [3.8, 4) is 0 Å². The van der Waals surface area contributed by atoms with Crippen LogP contribution in [0.3, 0.4) is 0 Å².